The zero-order valence-electron chi connectivity index (χ0n) is 13.5. The van der Waals surface area contributed by atoms with Crippen molar-refractivity contribution < 1.29 is 39.6 Å². The van der Waals surface area contributed by atoms with E-state index in [4.69, 9.17) is 15.9 Å². The van der Waals surface area contributed by atoms with Gasteiger partial charge in [-0.3, -0.25) is 10.5 Å². The summed E-state index contributed by atoms with van der Waals surface area (Å²) in [5.74, 6) is -4.37. The zero-order valence-corrected chi connectivity index (χ0v) is 13.5. The third-order valence-electron chi connectivity index (χ3n) is 3.43. The molecule has 1 aromatic rings. The number of carboxylic acids is 3. The van der Waals surface area contributed by atoms with Crippen molar-refractivity contribution in [2.75, 3.05) is 0 Å². The first-order valence-electron chi connectivity index (χ1n) is 7.37. The highest BCUT2D eigenvalue weighted by Gasteiger charge is 2.37. The molecule has 11 nitrogen and oxygen atoms in total. The predicted octanol–water partition coefficient (Wildman–Crippen LogP) is -0.708. The molecular weight excluding hydrogens is 350 g/mol. The molecule has 142 valence electrons. The Morgan fingerprint density at radius 2 is 1.65 bits per heavy atom. The van der Waals surface area contributed by atoms with Gasteiger partial charge in [0.1, 0.15) is 11.8 Å². The van der Waals surface area contributed by atoms with Crippen molar-refractivity contribution in [2.24, 2.45) is 5.73 Å². The summed E-state index contributed by atoms with van der Waals surface area (Å²) in [5, 5.41) is 40.1. The average Bonchev–Trinajstić information content (AvgIpc) is 2.54. The molecule has 0 aliphatic carbocycles. The summed E-state index contributed by atoms with van der Waals surface area (Å²) in [6.07, 6.45) is -1.34. The summed E-state index contributed by atoms with van der Waals surface area (Å²) in [5.41, 5.74) is 3.63. The molecule has 0 bridgehead atoms. The van der Waals surface area contributed by atoms with Gasteiger partial charge < -0.3 is 31.1 Å². The van der Waals surface area contributed by atoms with Crippen LogP contribution in [0.3, 0.4) is 0 Å². The van der Waals surface area contributed by atoms with Crippen LogP contribution in [0, 0.1) is 0 Å². The normalized spacial score (nSPS) is 13.9. The van der Waals surface area contributed by atoms with E-state index in [1.165, 1.54) is 24.3 Å². The summed E-state index contributed by atoms with van der Waals surface area (Å²) < 4.78 is 0. The number of hydrogen-bond acceptors (Lipinski definition) is 6. The molecular formula is C15H19N3O8. The fourth-order valence-corrected chi connectivity index (χ4v) is 1.99. The fraction of sp³-hybridized carbons (Fsp3) is 0.333. The number of amides is 2. The fourth-order valence-electron chi connectivity index (χ4n) is 1.99. The van der Waals surface area contributed by atoms with Crippen LogP contribution in [0.25, 0.3) is 0 Å². The molecule has 0 aliphatic heterocycles. The number of phenols is 1. The van der Waals surface area contributed by atoms with Gasteiger partial charge in [-0.25, -0.2) is 14.4 Å². The van der Waals surface area contributed by atoms with E-state index in [0.717, 1.165) is 0 Å². The maximum absolute atomic E-state index is 12.0. The first-order chi connectivity index (χ1) is 12.0. The Kier molecular flexibility index (Phi) is 6.90. The van der Waals surface area contributed by atoms with Gasteiger partial charge >= 0.3 is 23.9 Å². The standard InChI is InChI=1S/C15H19N3O8/c16-15(13(24)25,6-5-11(20)21)18-14(26)17-10(12(22)23)7-8-1-3-9(19)4-2-8/h1-4,10,19H,5-7,16H2,(H,20,21)(H,22,23)(H,24,25)(H2,17,18,26)/t10-,15-/m0/s1. The Bertz CT molecular complexity index is 691. The van der Waals surface area contributed by atoms with Gasteiger partial charge in [0, 0.05) is 19.3 Å². The van der Waals surface area contributed by atoms with Gasteiger partial charge in [-0.05, 0) is 17.7 Å². The van der Waals surface area contributed by atoms with Crippen molar-refractivity contribution >= 4 is 23.9 Å². The molecule has 1 rings (SSSR count). The number of aliphatic carboxylic acids is 3. The van der Waals surface area contributed by atoms with Crippen LogP contribution in [0.5, 0.6) is 5.75 Å². The first-order valence-corrected chi connectivity index (χ1v) is 7.37. The molecule has 11 heteroatoms. The number of phenolic OH excluding ortho intramolecular Hbond substituents is 1. The van der Waals surface area contributed by atoms with Crippen molar-refractivity contribution in [2.45, 2.75) is 31.0 Å². The van der Waals surface area contributed by atoms with Crippen molar-refractivity contribution in [3.05, 3.63) is 29.8 Å². The number of carboxylic acid groups (broad SMARTS) is 3. The summed E-state index contributed by atoms with van der Waals surface area (Å²) in [6, 6.07) is 3.03. The van der Waals surface area contributed by atoms with E-state index in [0.29, 0.717) is 5.56 Å². The minimum absolute atomic E-state index is 0.0147. The highest BCUT2D eigenvalue weighted by molar-refractivity contribution is 5.88. The second-order valence-corrected chi connectivity index (χ2v) is 5.53. The number of nitrogens with one attached hydrogen (secondary N) is 2. The van der Waals surface area contributed by atoms with E-state index >= 15 is 0 Å². The van der Waals surface area contributed by atoms with E-state index in [2.05, 4.69) is 5.32 Å². The van der Waals surface area contributed by atoms with Gasteiger partial charge in [-0.2, -0.15) is 0 Å². The maximum Gasteiger partial charge on any atom is 0.344 e. The number of hydrogen-bond donors (Lipinski definition) is 7. The van der Waals surface area contributed by atoms with Crippen LogP contribution in [0.4, 0.5) is 4.79 Å². The molecule has 0 aromatic heterocycles. The molecule has 0 saturated heterocycles. The van der Waals surface area contributed by atoms with E-state index in [9.17, 15) is 29.4 Å². The second kappa shape index (κ2) is 8.67. The molecule has 0 fully saturated rings. The lowest BCUT2D eigenvalue weighted by atomic mass is 10.0. The molecule has 0 unspecified atom stereocenters. The van der Waals surface area contributed by atoms with Crippen LogP contribution < -0.4 is 16.4 Å². The molecule has 1 aromatic carbocycles. The minimum Gasteiger partial charge on any atom is -0.508 e. The van der Waals surface area contributed by atoms with Crippen molar-refractivity contribution in [3.8, 4) is 5.75 Å². The van der Waals surface area contributed by atoms with Gasteiger partial charge in [-0.1, -0.05) is 12.1 Å². The number of carbonyl (C=O) groups excluding carboxylic acids is 1. The van der Waals surface area contributed by atoms with Gasteiger partial charge in [0.05, 0.1) is 0 Å². The highest BCUT2D eigenvalue weighted by atomic mass is 16.4. The summed E-state index contributed by atoms with van der Waals surface area (Å²) in [4.78, 5) is 45.0. The molecule has 0 aliphatic rings. The van der Waals surface area contributed by atoms with E-state index < -0.39 is 48.5 Å². The second-order valence-electron chi connectivity index (χ2n) is 5.53. The Morgan fingerprint density at radius 3 is 2.12 bits per heavy atom. The van der Waals surface area contributed by atoms with Crippen LogP contribution in [0.1, 0.15) is 18.4 Å². The number of nitrogens with two attached hydrogens (primary N) is 1. The number of rotatable bonds is 9. The lowest BCUT2D eigenvalue weighted by Crippen LogP contribution is -2.64. The van der Waals surface area contributed by atoms with Crippen LogP contribution in [0.15, 0.2) is 24.3 Å². The summed E-state index contributed by atoms with van der Waals surface area (Å²) >= 11 is 0. The van der Waals surface area contributed by atoms with Crippen molar-refractivity contribution in [3.63, 3.8) is 0 Å². The molecule has 2 atom stereocenters. The van der Waals surface area contributed by atoms with Crippen LogP contribution >= 0.6 is 0 Å². The minimum atomic E-state index is -2.37. The molecule has 8 N–H and O–H groups in total. The number of carbonyl (C=O) groups is 4. The zero-order chi connectivity index (χ0) is 19.9. The van der Waals surface area contributed by atoms with Gasteiger partial charge in [0.15, 0.2) is 5.66 Å². The average molecular weight is 369 g/mol. The van der Waals surface area contributed by atoms with Gasteiger partial charge in [0.2, 0.25) is 0 Å². The lowest BCUT2D eigenvalue weighted by molar-refractivity contribution is -0.145. The number of benzene rings is 1. The lowest BCUT2D eigenvalue weighted by Gasteiger charge is -2.26. The first kappa shape index (κ1) is 20.7. The Balaban J connectivity index is 2.79. The van der Waals surface area contributed by atoms with E-state index in [1.807, 2.05) is 5.32 Å². The maximum atomic E-state index is 12.0. The SMILES string of the molecule is N[C@@](CCC(=O)O)(NC(=O)N[C@@H](Cc1ccc(O)cc1)C(=O)O)C(=O)O. The Hall–Kier alpha value is -3.34. The Morgan fingerprint density at radius 1 is 1.08 bits per heavy atom. The monoisotopic (exact) mass is 369 g/mol. The van der Waals surface area contributed by atoms with Gasteiger partial charge in [-0.15, -0.1) is 0 Å². The largest absolute Gasteiger partial charge is 0.508 e. The molecule has 0 heterocycles. The number of aromatic hydroxyl groups is 1. The molecule has 0 saturated carbocycles. The Labute approximate surface area is 147 Å². The molecule has 0 spiro atoms. The smallest absolute Gasteiger partial charge is 0.344 e. The third kappa shape index (κ3) is 6.28. The quantitative estimate of drug-likeness (QED) is 0.275. The molecule has 2 amide bonds. The van der Waals surface area contributed by atoms with Crippen molar-refractivity contribution in [1.29, 1.82) is 0 Å². The van der Waals surface area contributed by atoms with E-state index in [-0.39, 0.29) is 12.2 Å². The molecule has 0 radical (unpaired) electrons. The highest BCUT2D eigenvalue weighted by Crippen LogP contribution is 2.12. The summed E-state index contributed by atoms with van der Waals surface area (Å²) in [6.45, 7) is 0. The summed E-state index contributed by atoms with van der Waals surface area (Å²) in [7, 11) is 0. The third-order valence-corrected chi connectivity index (χ3v) is 3.43. The van der Waals surface area contributed by atoms with Crippen LogP contribution in [-0.4, -0.2) is 56.1 Å². The van der Waals surface area contributed by atoms with Crippen LogP contribution in [0.2, 0.25) is 0 Å². The van der Waals surface area contributed by atoms with Gasteiger partial charge in [0.25, 0.3) is 0 Å². The number of urea groups is 1. The molecule has 26 heavy (non-hydrogen) atoms. The topological polar surface area (TPSA) is 199 Å². The predicted molar refractivity (Wildman–Crippen MR) is 86.3 cm³/mol. The van der Waals surface area contributed by atoms with E-state index in [1.54, 1.807) is 0 Å². The van der Waals surface area contributed by atoms with Crippen LogP contribution in [-0.2, 0) is 20.8 Å². The van der Waals surface area contributed by atoms with Crippen molar-refractivity contribution in [1.82, 2.24) is 10.6 Å².